The van der Waals surface area contributed by atoms with Crippen molar-refractivity contribution in [1.29, 1.82) is 0 Å². The van der Waals surface area contributed by atoms with E-state index in [1.165, 1.54) is 22.4 Å². The summed E-state index contributed by atoms with van der Waals surface area (Å²) in [5, 5.41) is 11.1. The minimum absolute atomic E-state index is 0.144. The second-order valence-electron chi connectivity index (χ2n) is 6.33. The molecule has 1 N–H and O–H groups in total. The zero-order valence-corrected chi connectivity index (χ0v) is 15.4. The summed E-state index contributed by atoms with van der Waals surface area (Å²) in [5.41, 5.74) is 3.09. The minimum atomic E-state index is -0.441. The summed E-state index contributed by atoms with van der Waals surface area (Å²) in [5.74, 6) is 0.265. The van der Waals surface area contributed by atoms with Crippen molar-refractivity contribution in [2.24, 2.45) is 0 Å². The van der Waals surface area contributed by atoms with Crippen molar-refractivity contribution in [3.63, 3.8) is 0 Å². The first-order chi connectivity index (χ1) is 13.6. The number of H-pyrrole nitrogens is 1. The van der Waals surface area contributed by atoms with Crippen LogP contribution in [0.5, 0.6) is 5.75 Å². The van der Waals surface area contributed by atoms with Crippen LogP contribution in [0.4, 0.5) is 4.39 Å². The second-order valence-corrected chi connectivity index (χ2v) is 6.33. The number of hydrogen-bond donors (Lipinski definition) is 1. The lowest BCUT2D eigenvalue weighted by molar-refractivity contribution is 0.385. The molecule has 0 radical (unpaired) electrons. The minimum Gasteiger partial charge on any atom is -0.494 e. The molecule has 4 aromatic rings. The van der Waals surface area contributed by atoms with E-state index in [-0.39, 0.29) is 18.0 Å². The summed E-state index contributed by atoms with van der Waals surface area (Å²) in [7, 11) is 1.41. The van der Waals surface area contributed by atoms with Crippen molar-refractivity contribution in [1.82, 2.24) is 24.5 Å². The molecular formula is C20H18FN5O2. The molecule has 142 valence electrons. The quantitative estimate of drug-likeness (QED) is 0.578. The topological polar surface area (TPSA) is 77.7 Å². The monoisotopic (exact) mass is 379 g/mol. The number of aromatic amines is 1. The Kier molecular flexibility index (Phi) is 4.52. The molecule has 0 fully saturated rings. The van der Waals surface area contributed by atoms with Gasteiger partial charge in [0.2, 0.25) is 0 Å². The van der Waals surface area contributed by atoms with Crippen molar-refractivity contribution in [2.75, 3.05) is 7.11 Å². The summed E-state index contributed by atoms with van der Waals surface area (Å²) in [6.45, 7) is 2.03. The van der Waals surface area contributed by atoms with Crippen molar-refractivity contribution in [2.45, 2.75) is 13.5 Å². The number of benzene rings is 2. The van der Waals surface area contributed by atoms with Gasteiger partial charge in [-0.25, -0.2) is 9.18 Å². The third kappa shape index (κ3) is 3.20. The highest BCUT2D eigenvalue weighted by Crippen LogP contribution is 2.20. The summed E-state index contributed by atoms with van der Waals surface area (Å²) >= 11 is 0. The van der Waals surface area contributed by atoms with Crippen LogP contribution in [0.3, 0.4) is 0 Å². The van der Waals surface area contributed by atoms with Crippen molar-refractivity contribution < 1.29 is 9.13 Å². The highest BCUT2D eigenvalue weighted by Gasteiger charge is 2.13. The maximum absolute atomic E-state index is 13.6. The molecule has 0 bridgehead atoms. The van der Waals surface area contributed by atoms with Crippen LogP contribution in [-0.4, -0.2) is 31.7 Å². The van der Waals surface area contributed by atoms with Gasteiger partial charge in [-0.2, -0.15) is 14.9 Å². The summed E-state index contributed by atoms with van der Waals surface area (Å²) in [4.78, 5) is 12.9. The van der Waals surface area contributed by atoms with Gasteiger partial charge in [0.25, 0.3) is 0 Å². The Morgan fingerprint density at radius 1 is 1.14 bits per heavy atom. The standard InChI is InChI=1S/C20H18FN5O2/c1-13-24-26(17-6-4-15(5-7-17)16-10-22-23-11-16)20(27)25(13)12-14-3-8-18(21)19(9-14)28-2/h3-11H,12H2,1-2H3,(H,22,23). The van der Waals surface area contributed by atoms with Gasteiger partial charge in [0.1, 0.15) is 5.82 Å². The molecule has 0 amide bonds. The number of aromatic nitrogens is 5. The van der Waals surface area contributed by atoms with Crippen LogP contribution >= 0.6 is 0 Å². The Hall–Kier alpha value is -3.68. The van der Waals surface area contributed by atoms with Gasteiger partial charge >= 0.3 is 5.69 Å². The molecule has 0 aliphatic heterocycles. The van der Waals surface area contributed by atoms with Crippen molar-refractivity contribution in [3.05, 3.63) is 82.5 Å². The number of nitrogens with one attached hydrogen (secondary N) is 1. The number of ether oxygens (including phenoxy) is 1. The van der Waals surface area contributed by atoms with E-state index in [1.807, 2.05) is 24.3 Å². The van der Waals surface area contributed by atoms with E-state index in [0.717, 1.165) is 16.7 Å². The molecule has 0 aliphatic rings. The molecule has 4 rings (SSSR count). The average Bonchev–Trinajstić information content (AvgIpc) is 3.34. The van der Waals surface area contributed by atoms with Gasteiger partial charge in [-0.1, -0.05) is 18.2 Å². The number of aryl methyl sites for hydroxylation is 1. The Morgan fingerprint density at radius 3 is 2.61 bits per heavy atom. The maximum Gasteiger partial charge on any atom is 0.351 e. The van der Waals surface area contributed by atoms with Gasteiger partial charge in [-0.3, -0.25) is 9.67 Å². The predicted octanol–water partition coefficient (Wildman–Crippen LogP) is 2.93. The molecule has 0 unspecified atom stereocenters. The van der Waals surface area contributed by atoms with E-state index < -0.39 is 5.82 Å². The van der Waals surface area contributed by atoms with Gasteiger partial charge in [0, 0.05) is 11.8 Å². The lowest BCUT2D eigenvalue weighted by atomic mass is 10.1. The zero-order valence-electron chi connectivity index (χ0n) is 15.4. The van der Waals surface area contributed by atoms with Crippen LogP contribution in [0, 0.1) is 12.7 Å². The molecule has 0 saturated heterocycles. The van der Waals surface area contributed by atoms with Crippen molar-refractivity contribution >= 4 is 0 Å². The van der Waals surface area contributed by atoms with Crippen LogP contribution in [-0.2, 0) is 6.54 Å². The number of methoxy groups -OCH3 is 1. The van der Waals surface area contributed by atoms with E-state index in [0.29, 0.717) is 11.5 Å². The lowest BCUT2D eigenvalue weighted by Crippen LogP contribution is -2.24. The number of hydrogen-bond acceptors (Lipinski definition) is 4. The van der Waals surface area contributed by atoms with Crippen LogP contribution in [0.15, 0.2) is 59.7 Å². The molecule has 7 nitrogen and oxygen atoms in total. The SMILES string of the molecule is COc1cc(Cn2c(C)nn(-c3ccc(-c4cn[nH]c4)cc3)c2=O)ccc1F. The van der Waals surface area contributed by atoms with Crippen LogP contribution in [0.25, 0.3) is 16.8 Å². The fraction of sp³-hybridized carbons (Fsp3) is 0.150. The molecule has 0 atom stereocenters. The van der Waals surface area contributed by atoms with E-state index in [2.05, 4.69) is 15.3 Å². The number of nitrogens with zero attached hydrogens (tertiary/aromatic N) is 4. The number of rotatable bonds is 5. The van der Waals surface area contributed by atoms with E-state index in [9.17, 15) is 9.18 Å². The van der Waals surface area contributed by atoms with E-state index in [4.69, 9.17) is 4.74 Å². The highest BCUT2D eigenvalue weighted by atomic mass is 19.1. The summed E-state index contributed by atoms with van der Waals surface area (Å²) < 4.78 is 21.5. The highest BCUT2D eigenvalue weighted by molar-refractivity contribution is 5.62. The third-order valence-electron chi connectivity index (χ3n) is 4.55. The normalized spacial score (nSPS) is 11.0. The Balaban J connectivity index is 1.65. The first-order valence-electron chi connectivity index (χ1n) is 8.65. The Bertz CT molecular complexity index is 1160. The lowest BCUT2D eigenvalue weighted by Gasteiger charge is -2.07. The van der Waals surface area contributed by atoms with Crippen molar-refractivity contribution in [3.8, 4) is 22.6 Å². The Morgan fingerprint density at radius 2 is 1.93 bits per heavy atom. The smallest absolute Gasteiger partial charge is 0.351 e. The molecule has 0 spiro atoms. The summed E-state index contributed by atoms with van der Waals surface area (Å²) in [6, 6.07) is 12.0. The largest absolute Gasteiger partial charge is 0.494 e. The first-order valence-corrected chi connectivity index (χ1v) is 8.65. The summed E-state index contributed by atoms with van der Waals surface area (Å²) in [6.07, 6.45) is 3.54. The van der Waals surface area contributed by atoms with Gasteiger partial charge in [0.15, 0.2) is 11.6 Å². The fourth-order valence-electron chi connectivity index (χ4n) is 3.03. The van der Waals surface area contributed by atoms with Gasteiger partial charge < -0.3 is 4.74 Å². The maximum atomic E-state index is 13.6. The molecule has 8 heteroatoms. The average molecular weight is 379 g/mol. The van der Waals surface area contributed by atoms with Gasteiger partial charge in [-0.05, 0) is 42.3 Å². The molecule has 2 heterocycles. The van der Waals surface area contributed by atoms with Crippen LogP contribution in [0.2, 0.25) is 0 Å². The molecule has 2 aromatic heterocycles. The van der Waals surface area contributed by atoms with E-state index >= 15 is 0 Å². The molecule has 28 heavy (non-hydrogen) atoms. The second kappa shape index (κ2) is 7.15. The first kappa shape index (κ1) is 17.7. The van der Waals surface area contributed by atoms with Gasteiger partial charge in [-0.15, -0.1) is 0 Å². The molecule has 2 aromatic carbocycles. The predicted molar refractivity (Wildman–Crippen MR) is 102 cm³/mol. The fourth-order valence-corrected chi connectivity index (χ4v) is 3.03. The third-order valence-corrected chi connectivity index (χ3v) is 4.55. The van der Waals surface area contributed by atoms with E-state index in [1.54, 1.807) is 31.5 Å². The Labute approximate surface area is 160 Å². The van der Waals surface area contributed by atoms with Crippen LogP contribution < -0.4 is 10.4 Å². The van der Waals surface area contributed by atoms with Crippen LogP contribution in [0.1, 0.15) is 11.4 Å². The molecule has 0 saturated carbocycles. The van der Waals surface area contributed by atoms with Gasteiger partial charge in [0.05, 0.1) is 25.5 Å². The zero-order chi connectivity index (χ0) is 19.7. The number of halogens is 1. The molecule has 0 aliphatic carbocycles. The molecular weight excluding hydrogens is 361 g/mol.